The number of benzene rings is 2. The topological polar surface area (TPSA) is 44.8 Å². The third-order valence-electron chi connectivity index (χ3n) is 6.50. The molecule has 12 heteroatoms. The van der Waals surface area contributed by atoms with Crippen molar-refractivity contribution in [2.75, 3.05) is 26.2 Å². The number of carbonyl (C=O) groups is 1. The summed E-state index contributed by atoms with van der Waals surface area (Å²) in [7, 11) is 0. The molecule has 186 valence electrons. The summed E-state index contributed by atoms with van der Waals surface area (Å²) in [6.07, 6.45) is -3.22. The fraction of sp³-hybridized carbons (Fsp3) is 0.348. The molecule has 1 unspecified atom stereocenters. The molecule has 0 aliphatic carbocycles. The lowest BCUT2D eigenvalue weighted by atomic mass is 9.87. The van der Waals surface area contributed by atoms with Crippen molar-refractivity contribution in [1.29, 1.82) is 0 Å². The molecule has 3 heterocycles. The number of hydrogen-bond donors (Lipinski definition) is 1. The molecule has 2 saturated heterocycles. The average molecular weight is 534 g/mol. The Balaban J connectivity index is 1.39. The van der Waals surface area contributed by atoms with Crippen molar-refractivity contribution in [2.45, 2.75) is 23.9 Å². The minimum atomic E-state index is -4.95. The maximum Gasteiger partial charge on any atom is 0.428 e. The highest BCUT2D eigenvalue weighted by atomic mass is 35.5. The largest absolute Gasteiger partial charge is 0.428 e. The number of alkyl halides is 4. The number of hydroxylamine groups is 1. The number of carbonyl (C=O) groups excluding carboxylic acids is 1. The van der Waals surface area contributed by atoms with Gasteiger partial charge in [-0.3, -0.25) is 10.3 Å². The quantitative estimate of drug-likeness (QED) is 0.402. The van der Waals surface area contributed by atoms with E-state index < -0.39 is 38.9 Å². The Kier molecular flexibility index (Phi) is 5.69. The highest BCUT2D eigenvalue weighted by molar-refractivity contribution is 6.35. The van der Waals surface area contributed by atoms with E-state index in [1.807, 2.05) is 0 Å². The highest BCUT2D eigenvalue weighted by Crippen LogP contribution is 2.49. The summed E-state index contributed by atoms with van der Waals surface area (Å²) in [6.45, 7) is 1.16. The van der Waals surface area contributed by atoms with E-state index in [0.29, 0.717) is 24.2 Å². The molecule has 0 radical (unpaired) electrons. The number of nitrogens with zero attached hydrogens (tertiary/aromatic N) is 2. The summed E-state index contributed by atoms with van der Waals surface area (Å²) in [6, 6.07) is 7.24. The molecule has 2 aromatic carbocycles. The summed E-state index contributed by atoms with van der Waals surface area (Å²) >= 11 is 11.4. The van der Waals surface area contributed by atoms with Crippen LogP contribution in [0.1, 0.15) is 23.1 Å². The minimum absolute atomic E-state index is 0.0263. The Morgan fingerprint density at radius 2 is 1.60 bits per heavy atom. The van der Waals surface area contributed by atoms with Crippen LogP contribution in [0.3, 0.4) is 0 Å². The van der Waals surface area contributed by atoms with Gasteiger partial charge in [-0.15, -0.1) is 0 Å². The molecule has 1 N–H and O–H groups in total. The third-order valence-corrected chi connectivity index (χ3v) is 7.05. The zero-order valence-corrected chi connectivity index (χ0v) is 19.4. The standard InChI is InChI=1S/C23H18Cl2F5N3O2/c24-16-8-15(9-17(25)19(16)26)22(23(28,29)30)10-18(31-35-22)13-2-4-14(5-3-13)21(27)11-33(12-21)20(34)32-6-1-7-32/h2-5,8-10,31H,1,6-7,11-12H2. The first-order valence-corrected chi connectivity index (χ1v) is 11.4. The molecule has 5 nitrogen and oxygen atoms in total. The van der Waals surface area contributed by atoms with E-state index in [0.717, 1.165) is 24.6 Å². The van der Waals surface area contributed by atoms with Gasteiger partial charge in [-0.2, -0.15) is 13.2 Å². The number of halogens is 7. The number of urea groups is 1. The van der Waals surface area contributed by atoms with Crippen LogP contribution in [0.2, 0.25) is 10.0 Å². The molecule has 5 rings (SSSR count). The molecular weight excluding hydrogens is 516 g/mol. The van der Waals surface area contributed by atoms with Gasteiger partial charge in [0.1, 0.15) is 0 Å². The van der Waals surface area contributed by atoms with Crippen molar-refractivity contribution in [3.63, 3.8) is 0 Å². The predicted octanol–water partition coefficient (Wildman–Crippen LogP) is 5.77. The predicted molar refractivity (Wildman–Crippen MR) is 119 cm³/mol. The number of rotatable bonds is 3. The van der Waals surface area contributed by atoms with Crippen molar-refractivity contribution in [3.8, 4) is 0 Å². The second kappa shape index (κ2) is 8.25. The van der Waals surface area contributed by atoms with Crippen LogP contribution in [0.5, 0.6) is 0 Å². The Labute approximate surface area is 207 Å². The summed E-state index contributed by atoms with van der Waals surface area (Å²) < 4.78 is 71.5. The van der Waals surface area contributed by atoms with Crippen LogP contribution in [-0.2, 0) is 16.1 Å². The normalized spacial score (nSPS) is 23.3. The smallest absolute Gasteiger partial charge is 0.325 e. The zero-order chi connectivity index (χ0) is 25.2. The molecule has 2 aromatic rings. The van der Waals surface area contributed by atoms with Crippen molar-refractivity contribution >= 4 is 34.9 Å². The second-order valence-corrected chi connectivity index (χ2v) is 9.59. The van der Waals surface area contributed by atoms with Crippen molar-refractivity contribution in [3.05, 3.63) is 75.0 Å². The fourth-order valence-electron chi connectivity index (χ4n) is 4.29. The van der Waals surface area contributed by atoms with Gasteiger partial charge < -0.3 is 9.80 Å². The lowest BCUT2D eigenvalue weighted by Gasteiger charge is -2.47. The van der Waals surface area contributed by atoms with Crippen LogP contribution in [0, 0.1) is 5.82 Å². The summed E-state index contributed by atoms with van der Waals surface area (Å²) in [5, 5.41) is -1.16. The van der Waals surface area contributed by atoms with Crippen molar-refractivity contribution < 1.29 is 31.6 Å². The van der Waals surface area contributed by atoms with Crippen LogP contribution in [0.25, 0.3) is 5.70 Å². The number of likely N-dealkylation sites (tertiary alicyclic amines) is 2. The molecule has 0 spiro atoms. The maximum atomic E-state index is 15.3. The molecule has 35 heavy (non-hydrogen) atoms. The first-order chi connectivity index (χ1) is 16.4. The van der Waals surface area contributed by atoms with Gasteiger partial charge in [-0.05, 0) is 35.8 Å². The van der Waals surface area contributed by atoms with Crippen molar-refractivity contribution in [1.82, 2.24) is 15.3 Å². The molecule has 2 fully saturated rings. The van der Waals surface area contributed by atoms with Crippen LogP contribution in [0.15, 0.2) is 42.5 Å². The Morgan fingerprint density at radius 1 is 1.00 bits per heavy atom. The van der Waals surface area contributed by atoms with E-state index in [-0.39, 0.29) is 24.8 Å². The highest BCUT2D eigenvalue weighted by Gasteiger charge is 2.60. The van der Waals surface area contributed by atoms with E-state index in [1.54, 1.807) is 4.90 Å². The van der Waals surface area contributed by atoms with Gasteiger partial charge in [-0.25, -0.2) is 13.6 Å². The lowest BCUT2D eigenvalue weighted by Crippen LogP contribution is -2.63. The van der Waals surface area contributed by atoms with Crippen LogP contribution >= 0.6 is 23.2 Å². The maximum absolute atomic E-state index is 15.3. The third kappa shape index (κ3) is 3.91. The van der Waals surface area contributed by atoms with E-state index in [2.05, 4.69) is 5.48 Å². The average Bonchev–Trinajstić information content (AvgIpc) is 3.21. The molecule has 0 bridgehead atoms. The lowest BCUT2D eigenvalue weighted by molar-refractivity contribution is -0.269. The Bertz CT molecular complexity index is 1190. The van der Waals surface area contributed by atoms with E-state index >= 15 is 4.39 Å². The Morgan fingerprint density at radius 3 is 2.11 bits per heavy atom. The molecule has 3 aliphatic rings. The van der Waals surface area contributed by atoms with Crippen LogP contribution < -0.4 is 5.48 Å². The summed E-state index contributed by atoms with van der Waals surface area (Å²) in [5.74, 6) is -1.04. The van der Waals surface area contributed by atoms with Crippen LogP contribution in [-0.4, -0.2) is 48.2 Å². The van der Waals surface area contributed by atoms with Crippen LogP contribution in [0.4, 0.5) is 26.7 Å². The number of hydrogen-bond acceptors (Lipinski definition) is 3. The molecule has 3 aliphatic heterocycles. The first-order valence-electron chi connectivity index (χ1n) is 10.7. The van der Waals surface area contributed by atoms with Gasteiger partial charge in [0.15, 0.2) is 11.5 Å². The van der Waals surface area contributed by atoms with E-state index in [4.69, 9.17) is 28.0 Å². The van der Waals surface area contributed by atoms with Gasteiger partial charge in [0.25, 0.3) is 0 Å². The molecule has 2 amide bonds. The molecule has 0 saturated carbocycles. The first kappa shape index (κ1) is 24.1. The minimum Gasteiger partial charge on any atom is -0.325 e. The van der Waals surface area contributed by atoms with Crippen molar-refractivity contribution in [2.24, 2.45) is 0 Å². The van der Waals surface area contributed by atoms with E-state index in [9.17, 15) is 22.4 Å². The molecule has 1 atom stereocenters. The van der Waals surface area contributed by atoms with E-state index in [1.165, 1.54) is 29.2 Å². The summed E-state index contributed by atoms with van der Waals surface area (Å²) in [4.78, 5) is 20.3. The number of amides is 2. The fourth-order valence-corrected chi connectivity index (χ4v) is 4.78. The monoisotopic (exact) mass is 533 g/mol. The zero-order valence-electron chi connectivity index (χ0n) is 17.9. The van der Waals surface area contributed by atoms with Gasteiger partial charge in [0.2, 0.25) is 5.60 Å². The SMILES string of the molecule is O=C(N1CCC1)N1CC(F)(c2ccc(C3=CC(c4cc(Cl)c(F)c(Cl)c4)(C(F)(F)F)ON3)cc2)C1. The van der Waals surface area contributed by atoms with Gasteiger partial charge in [0.05, 0.1) is 28.8 Å². The number of nitrogens with one attached hydrogen (secondary N) is 1. The summed E-state index contributed by atoms with van der Waals surface area (Å²) in [5.41, 5.74) is -2.37. The van der Waals surface area contributed by atoms with Gasteiger partial charge in [-0.1, -0.05) is 47.5 Å². The van der Waals surface area contributed by atoms with Gasteiger partial charge in [0, 0.05) is 18.7 Å². The van der Waals surface area contributed by atoms with Gasteiger partial charge >= 0.3 is 12.2 Å². The molecule has 0 aromatic heterocycles. The molecular formula is C23H18Cl2F5N3O2. The second-order valence-electron chi connectivity index (χ2n) is 8.77. The Hall–Kier alpha value is -2.56.